The summed E-state index contributed by atoms with van der Waals surface area (Å²) in [6.07, 6.45) is 6.43. The largest absolute Gasteiger partial charge is 0.452 e. The number of anilines is 2. The van der Waals surface area contributed by atoms with Crippen LogP contribution < -0.4 is 10.2 Å². The number of carbonyl (C=O) groups is 3. The van der Waals surface area contributed by atoms with E-state index in [0.717, 1.165) is 0 Å². The molecule has 6 nitrogen and oxygen atoms in total. The molecule has 2 rings (SSSR count). The fourth-order valence-electron chi connectivity index (χ4n) is 2.46. The quantitative estimate of drug-likeness (QED) is 0.523. The Morgan fingerprint density at radius 3 is 2.83 bits per heavy atom. The van der Waals surface area contributed by atoms with E-state index in [9.17, 15) is 14.4 Å². The van der Waals surface area contributed by atoms with E-state index < -0.39 is 5.97 Å². The summed E-state index contributed by atoms with van der Waals surface area (Å²) >= 11 is 0. The maximum atomic E-state index is 12.5. The summed E-state index contributed by atoms with van der Waals surface area (Å²) in [5, 5.41) is 2.78. The number of nitrogens with one attached hydrogen (secondary N) is 1. The predicted molar refractivity (Wildman–Crippen MR) is 91.5 cm³/mol. The number of para-hydroxylation sites is 2. The van der Waals surface area contributed by atoms with Gasteiger partial charge in [0.05, 0.1) is 11.4 Å². The number of esters is 1. The van der Waals surface area contributed by atoms with Gasteiger partial charge in [-0.05, 0) is 26.0 Å². The van der Waals surface area contributed by atoms with Gasteiger partial charge in [0.2, 0.25) is 5.91 Å². The van der Waals surface area contributed by atoms with Gasteiger partial charge in [-0.15, -0.1) is 0 Å². The number of amides is 2. The Balaban J connectivity index is 2.12. The first kappa shape index (κ1) is 17.5. The molecule has 1 aliphatic rings. The van der Waals surface area contributed by atoms with Crippen LogP contribution in [0.3, 0.4) is 0 Å². The van der Waals surface area contributed by atoms with Gasteiger partial charge in [0.1, 0.15) is 0 Å². The Morgan fingerprint density at radius 1 is 1.33 bits per heavy atom. The van der Waals surface area contributed by atoms with E-state index in [1.165, 1.54) is 11.0 Å². The maximum Gasteiger partial charge on any atom is 0.331 e. The molecule has 1 aromatic rings. The molecule has 1 heterocycles. The summed E-state index contributed by atoms with van der Waals surface area (Å²) < 4.78 is 4.98. The van der Waals surface area contributed by atoms with Crippen LogP contribution in [-0.2, 0) is 19.1 Å². The van der Waals surface area contributed by atoms with Gasteiger partial charge in [0.15, 0.2) is 6.61 Å². The molecule has 126 valence electrons. The van der Waals surface area contributed by atoms with Gasteiger partial charge < -0.3 is 15.0 Å². The van der Waals surface area contributed by atoms with Crippen molar-refractivity contribution in [2.45, 2.75) is 26.3 Å². The van der Waals surface area contributed by atoms with Crippen molar-refractivity contribution in [1.29, 1.82) is 0 Å². The van der Waals surface area contributed by atoms with Gasteiger partial charge in [0.25, 0.3) is 5.91 Å². The average Bonchev–Trinajstić information content (AvgIpc) is 2.67. The van der Waals surface area contributed by atoms with Gasteiger partial charge in [-0.3, -0.25) is 9.59 Å². The number of benzene rings is 1. The second-order valence-corrected chi connectivity index (χ2v) is 5.37. The molecule has 2 amide bonds. The van der Waals surface area contributed by atoms with Crippen molar-refractivity contribution in [3.63, 3.8) is 0 Å². The molecule has 0 spiro atoms. The van der Waals surface area contributed by atoms with E-state index in [2.05, 4.69) is 5.32 Å². The van der Waals surface area contributed by atoms with Crippen molar-refractivity contribution in [1.82, 2.24) is 0 Å². The molecule has 1 aliphatic heterocycles. The van der Waals surface area contributed by atoms with E-state index in [4.69, 9.17) is 4.74 Å². The lowest BCUT2D eigenvalue weighted by Crippen LogP contribution is -2.41. The topological polar surface area (TPSA) is 75.7 Å². The molecule has 0 bridgehead atoms. The van der Waals surface area contributed by atoms with Gasteiger partial charge in [-0.2, -0.15) is 0 Å². The Hall–Kier alpha value is -2.89. The monoisotopic (exact) mass is 328 g/mol. The van der Waals surface area contributed by atoms with Crippen LogP contribution in [0.2, 0.25) is 0 Å². The number of ether oxygens (including phenoxy) is 1. The first-order chi connectivity index (χ1) is 11.5. The van der Waals surface area contributed by atoms with E-state index >= 15 is 0 Å². The van der Waals surface area contributed by atoms with Crippen molar-refractivity contribution in [3.05, 3.63) is 48.6 Å². The van der Waals surface area contributed by atoms with Crippen LogP contribution in [0.25, 0.3) is 0 Å². The Bertz CT molecular complexity index is 694. The number of fused-ring (bicyclic) bond motifs is 1. The molecule has 0 aromatic heterocycles. The molecule has 6 heteroatoms. The molecule has 1 N–H and O–H groups in total. The fourth-order valence-corrected chi connectivity index (χ4v) is 2.46. The van der Waals surface area contributed by atoms with E-state index in [0.29, 0.717) is 11.4 Å². The lowest BCUT2D eigenvalue weighted by molar-refractivity contribution is -0.143. The first-order valence-corrected chi connectivity index (χ1v) is 7.70. The van der Waals surface area contributed by atoms with Gasteiger partial charge in [-0.1, -0.05) is 30.4 Å². The molecule has 0 saturated carbocycles. The third kappa shape index (κ3) is 4.32. The smallest absolute Gasteiger partial charge is 0.331 e. The average molecular weight is 328 g/mol. The van der Waals surface area contributed by atoms with Crippen LogP contribution in [0.15, 0.2) is 48.6 Å². The molecule has 0 radical (unpaired) electrons. The minimum Gasteiger partial charge on any atom is -0.452 e. The molecule has 1 unspecified atom stereocenters. The summed E-state index contributed by atoms with van der Waals surface area (Å²) in [5.74, 6) is -1.12. The van der Waals surface area contributed by atoms with Crippen LogP contribution in [-0.4, -0.2) is 30.4 Å². The summed E-state index contributed by atoms with van der Waals surface area (Å²) in [5.41, 5.74) is 1.17. The zero-order chi connectivity index (χ0) is 17.5. The Kier molecular flexibility index (Phi) is 5.89. The minimum absolute atomic E-state index is 0.156. The second-order valence-electron chi connectivity index (χ2n) is 5.37. The zero-order valence-corrected chi connectivity index (χ0v) is 13.7. The van der Waals surface area contributed by atoms with Gasteiger partial charge in [0, 0.05) is 18.5 Å². The standard InChI is InChI=1S/C18H20N2O4/c1-3-4-5-10-18(23)24-12-17(22)20-13(2)11-16(21)19-14-8-6-7-9-15(14)20/h3-10,13H,11-12H2,1-2H3,(H,19,21). The van der Waals surface area contributed by atoms with Crippen molar-refractivity contribution in [2.75, 3.05) is 16.8 Å². The summed E-state index contributed by atoms with van der Waals surface area (Å²) in [6.45, 7) is 3.23. The summed E-state index contributed by atoms with van der Waals surface area (Å²) in [7, 11) is 0. The van der Waals surface area contributed by atoms with E-state index in [1.807, 2.05) is 6.92 Å². The Morgan fingerprint density at radius 2 is 2.08 bits per heavy atom. The second kappa shape index (κ2) is 8.10. The highest BCUT2D eigenvalue weighted by Crippen LogP contribution is 2.31. The first-order valence-electron chi connectivity index (χ1n) is 7.70. The predicted octanol–water partition coefficient (Wildman–Crippen LogP) is 2.43. The molecular formula is C18H20N2O4. The van der Waals surface area contributed by atoms with E-state index in [1.54, 1.807) is 49.4 Å². The van der Waals surface area contributed by atoms with E-state index in [-0.39, 0.29) is 30.9 Å². The van der Waals surface area contributed by atoms with Gasteiger partial charge in [-0.25, -0.2) is 4.79 Å². The third-order valence-electron chi connectivity index (χ3n) is 3.50. The highest BCUT2D eigenvalue weighted by molar-refractivity contribution is 6.05. The van der Waals surface area contributed by atoms with Crippen LogP contribution in [0.5, 0.6) is 0 Å². The minimum atomic E-state index is -0.591. The number of hydrogen-bond acceptors (Lipinski definition) is 4. The molecule has 1 aromatic carbocycles. The van der Waals surface area contributed by atoms with Gasteiger partial charge >= 0.3 is 5.97 Å². The van der Waals surface area contributed by atoms with Crippen molar-refractivity contribution in [2.24, 2.45) is 0 Å². The number of nitrogens with zero attached hydrogens (tertiary/aromatic N) is 1. The molecule has 0 fully saturated rings. The van der Waals surface area contributed by atoms with Crippen LogP contribution in [0.1, 0.15) is 20.3 Å². The molecule has 0 aliphatic carbocycles. The molecule has 24 heavy (non-hydrogen) atoms. The van der Waals surface area contributed by atoms with Crippen molar-refractivity contribution in [3.8, 4) is 0 Å². The van der Waals surface area contributed by atoms with Crippen LogP contribution in [0.4, 0.5) is 11.4 Å². The SMILES string of the molecule is CC=CC=CC(=O)OCC(=O)N1c2ccccc2NC(=O)CC1C. The lowest BCUT2D eigenvalue weighted by Gasteiger charge is -2.27. The highest BCUT2D eigenvalue weighted by atomic mass is 16.5. The zero-order valence-electron chi connectivity index (χ0n) is 13.7. The number of carbonyl (C=O) groups excluding carboxylic acids is 3. The third-order valence-corrected chi connectivity index (χ3v) is 3.50. The lowest BCUT2D eigenvalue weighted by atomic mass is 10.1. The van der Waals surface area contributed by atoms with Crippen LogP contribution >= 0.6 is 0 Å². The molecular weight excluding hydrogens is 308 g/mol. The maximum absolute atomic E-state index is 12.5. The molecule has 1 atom stereocenters. The highest BCUT2D eigenvalue weighted by Gasteiger charge is 2.29. The summed E-state index contributed by atoms with van der Waals surface area (Å²) in [4.78, 5) is 37.5. The normalized spacial score (nSPS) is 17.5. The summed E-state index contributed by atoms with van der Waals surface area (Å²) in [6, 6.07) is 6.72. The Labute approximate surface area is 140 Å². The number of allylic oxidation sites excluding steroid dienone is 3. The molecule has 0 saturated heterocycles. The number of hydrogen-bond donors (Lipinski definition) is 1. The van der Waals surface area contributed by atoms with Crippen molar-refractivity contribution >= 4 is 29.2 Å². The van der Waals surface area contributed by atoms with Crippen LogP contribution in [0, 0.1) is 0 Å². The fraction of sp³-hybridized carbons (Fsp3) is 0.278. The number of rotatable bonds is 4. The van der Waals surface area contributed by atoms with Crippen molar-refractivity contribution < 1.29 is 19.1 Å².